The average molecular weight is 302 g/mol. The highest BCUT2D eigenvalue weighted by molar-refractivity contribution is 5.96. The maximum Gasteiger partial charge on any atom is 0.254 e. The van der Waals surface area contributed by atoms with Gasteiger partial charge in [-0.05, 0) is 50.5 Å². The zero-order valence-corrected chi connectivity index (χ0v) is 13.8. The minimum Gasteiger partial charge on any atom is -0.333 e. The van der Waals surface area contributed by atoms with Crippen LogP contribution in [0.15, 0.2) is 24.3 Å². The predicted octanol–water partition coefficient (Wildman–Crippen LogP) is 3.83. The van der Waals surface area contributed by atoms with Gasteiger partial charge in [0.2, 0.25) is 5.91 Å². The molecular formula is C18H26N2O2. The van der Waals surface area contributed by atoms with Crippen LogP contribution in [0.1, 0.15) is 63.2 Å². The molecular weight excluding hydrogens is 276 g/mol. The van der Waals surface area contributed by atoms with Crippen molar-refractivity contribution in [1.82, 2.24) is 4.90 Å². The molecule has 0 bridgehead atoms. The van der Waals surface area contributed by atoms with Crippen molar-refractivity contribution in [2.45, 2.75) is 65.0 Å². The smallest absolute Gasteiger partial charge is 0.254 e. The maximum atomic E-state index is 12.9. The lowest BCUT2D eigenvalue weighted by atomic mass is 10.1. The van der Waals surface area contributed by atoms with Gasteiger partial charge in [0, 0.05) is 30.3 Å². The van der Waals surface area contributed by atoms with Gasteiger partial charge >= 0.3 is 0 Å². The highest BCUT2D eigenvalue weighted by atomic mass is 16.2. The molecule has 2 rings (SSSR count). The van der Waals surface area contributed by atoms with E-state index in [0.717, 1.165) is 24.9 Å². The molecule has 0 aliphatic heterocycles. The van der Waals surface area contributed by atoms with Gasteiger partial charge < -0.3 is 10.2 Å². The molecule has 0 unspecified atom stereocenters. The maximum absolute atomic E-state index is 12.9. The highest BCUT2D eigenvalue weighted by Crippen LogP contribution is 2.27. The first-order valence-electron chi connectivity index (χ1n) is 8.23. The quantitative estimate of drug-likeness (QED) is 0.898. The number of anilines is 1. The van der Waals surface area contributed by atoms with Crippen molar-refractivity contribution < 1.29 is 9.59 Å². The summed E-state index contributed by atoms with van der Waals surface area (Å²) in [4.78, 5) is 26.0. The summed E-state index contributed by atoms with van der Waals surface area (Å²) >= 11 is 0. The molecule has 2 amide bonds. The monoisotopic (exact) mass is 302 g/mol. The van der Waals surface area contributed by atoms with Crippen LogP contribution in [0, 0.1) is 0 Å². The number of rotatable bonds is 5. The van der Waals surface area contributed by atoms with Crippen molar-refractivity contribution in [2.75, 3.05) is 5.32 Å². The van der Waals surface area contributed by atoms with Crippen LogP contribution in [0.2, 0.25) is 0 Å². The van der Waals surface area contributed by atoms with Crippen LogP contribution < -0.4 is 5.32 Å². The Morgan fingerprint density at radius 1 is 1.23 bits per heavy atom. The number of benzene rings is 1. The zero-order valence-electron chi connectivity index (χ0n) is 13.8. The van der Waals surface area contributed by atoms with Crippen LogP contribution >= 0.6 is 0 Å². The number of hydrogen-bond acceptors (Lipinski definition) is 2. The second-order valence-electron chi connectivity index (χ2n) is 6.17. The van der Waals surface area contributed by atoms with Crippen molar-refractivity contribution in [3.8, 4) is 0 Å². The Kier molecular flexibility index (Phi) is 5.58. The van der Waals surface area contributed by atoms with Gasteiger partial charge in [0.1, 0.15) is 0 Å². The largest absolute Gasteiger partial charge is 0.333 e. The summed E-state index contributed by atoms with van der Waals surface area (Å²) < 4.78 is 0. The molecule has 1 saturated carbocycles. The second kappa shape index (κ2) is 7.43. The molecule has 1 aromatic rings. The van der Waals surface area contributed by atoms with Gasteiger partial charge in [0.15, 0.2) is 0 Å². The predicted molar refractivity (Wildman–Crippen MR) is 88.9 cm³/mol. The Morgan fingerprint density at radius 3 is 2.32 bits per heavy atom. The van der Waals surface area contributed by atoms with Crippen LogP contribution in [0.4, 0.5) is 5.69 Å². The van der Waals surface area contributed by atoms with Gasteiger partial charge in [-0.25, -0.2) is 0 Å². The van der Waals surface area contributed by atoms with Crippen molar-refractivity contribution in [1.29, 1.82) is 0 Å². The highest BCUT2D eigenvalue weighted by Gasteiger charge is 2.30. The lowest BCUT2D eigenvalue weighted by molar-refractivity contribution is -0.114. The van der Waals surface area contributed by atoms with E-state index in [2.05, 4.69) is 24.1 Å². The summed E-state index contributed by atoms with van der Waals surface area (Å²) in [5, 5.41) is 2.73. The summed E-state index contributed by atoms with van der Waals surface area (Å²) in [6.07, 6.45) is 5.62. The second-order valence-corrected chi connectivity index (χ2v) is 6.17. The summed E-state index contributed by atoms with van der Waals surface area (Å²) in [7, 11) is 0. The molecule has 0 saturated heterocycles. The zero-order chi connectivity index (χ0) is 16.1. The topological polar surface area (TPSA) is 49.4 Å². The average Bonchev–Trinajstić information content (AvgIpc) is 3.01. The number of nitrogens with zero attached hydrogens (tertiary/aromatic N) is 1. The number of carbonyl (C=O) groups excluding carboxylic acids is 2. The van der Waals surface area contributed by atoms with Gasteiger partial charge in [0.25, 0.3) is 5.91 Å². The molecule has 1 atom stereocenters. The van der Waals surface area contributed by atoms with Crippen molar-refractivity contribution in [3.63, 3.8) is 0 Å². The Morgan fingerprint density at radius 2 is 1.82 bits per heavy atom. The number of hydrogen-bond donors (Lipinski definition) is 1. The Balaban J connectivity index is 2.17. The molecule has 1 aliphatic carbocycles. The van der Waals surface area contributed by atoms with E-state index in [-0.39, 0.29) is 17.9 Å². The third-order valence-electron chi connectivity index (χ3n) is 4.47. The molecule has 0 radical (unpaired) electrons. The third kappa shape index (κ3) is 3.87. The number of amides is 2. The Labute approximate surface area is 132 Å². The van der Waals surface area contributed by atoms with E-state index < -0.39 is 0 Å². The van der Waals surface area contributed by atoms with E-state index in [0.29, 0.717) is 11.6 Å². The fourth-order valence-corrected chi connectivity index (χ4v) is 3.15. The standard InChI is InChI=1S/C18H26N2O2/c1-4-13(2)20(17-7-5-6-8-17)18(22)15-9-11-16(12-10-15)19-14(3)21/h9-13,17H,4-8H2,1-3H3,(H,19,21)/t13-/m0/s1. The SMILES string of the molecule is CC[C@H](C)N(C(=O)c1ccc(NC(C)=O)cc1)C1CCCC1. The summed E-state index contributed by atoms with van der Waals surface area (Å²) in [5.74, 6) is 0.00175. The minimum atomic E-state index is -0.105. The van der Waals surface area contributed by atoms with Crippen LogP contribution in [0.5, 0.6) is 0 Å². The van der Waals surface area contributed by atoms with Crippen molar-refractivity contribution >= 4 is 17.5 Å². The molecule has 1 aromatic carbocycles. The van der Waals surface area contributed by atoms with Crippen molar-refractivity contribution in [2.24, 2.45) is 0 Å². The molecule has 22 heavy (non-hydrogen) atoms. The summed E-state index contributed by atoms with van der Waals surface area (Å²) in [6, 6.07) is 7.81. The van der Waals surface area contributed by atoms with E-state index in [4.69, 9.17) is 0 Å². The Hall–Kier alpha value is -1.84. The van der Waals surface area contributed by atoms with Gasteiger partial charge in [-0.2, -0.15) is 0 Å². The molecule has 120 valence electrons. The van der Waals surface area contributed by atoms with Gasteiger partial charge in [-0.3, -0.25) is 9.59 Å². The summed E-state index contributed by atoms with van der Waals surface area (Å²) in [5.41, 5.74) is 1.42. The summed E-state index contributed by atoms with van der Waals surface area (Å²) in [6.45, 7) is 5.73. The molecule has 0 spiro atoms. The van der Waals surface area contributed by atoms with Crippen molar-refractivity contribution in [3.05, 3.63) is 29.8 Å². The molecule has 1 aliphatic rings. The molecule has 1 fully saturated rings. The van der Waals surface area contributed by atoms with Gasteiger partial charge in [-0.1, -0.05) is 19.8 Å². The first-order valence-corrected chi connectivity index (χ1v) is 8.23. The molecule has 0 aromatic heterocycles. The molecule has 4 heteroatoms. The lowest BCUT2D eigenvalue weighted by Crippen LogP contribution is -2.44. The van der Waals surface area contributed by atoms with E-state index in [9.17, 15) is 9.59 Å². The van der Waals surface area contributed by atoms with E-state index >= 15 is 0 Å². The van der Waals surface area contributed by atoms with Gasteiger partial charge in [-0.15, -0.1) is 0 Å². The fourth-order valence-electron chi connectivity index (χ4n) is 3.15. The first kappa shape index (κ1) is 16.5. The first-order chi connectivity index (χ1) is 10.5. The normalized spacial score (nSPS) is 16.3. The van der Waals surface area contributed by atoms with Crippen LogP contribution in [0.25, 0.3) is 0 Å². The van der Waals surface area contributed by atoms with Gasteiger partial charge in [0.05, 0.1) is 0 Å². The third-order valence-corrected chi connectivity index (χ3v) is 4.47. The Bertz CT molecular complexity index is 518. The fraction of sp³-hybridized carbons (Fsp3) is 0.556. The molecule has 4 nitrogen and oxygen atoms in total. The number of carbonyl (C=O) groups is 2. The number of nitrogens with one attached hydrogen (secondary N) is 1. The molecule has 0 heterocycles. The van der Waals surface area contributed by atoms with E-state index in [1.807, 2.05) is 0 Å². The van der Waals surface area contributed by atoms with Crippen LogP contribution in [-0.2, 0) is 4.79 Å². The van der Waals surface area contributed by atoms with E-state index in [1.165, 1.54) is 19.8 Å². The molecule has 1 N–H and O–H groups in total. The van der Waals surface area contributed by atoms with Crippen LogP contribution in [-0.4, -0.2) is 28.8 Å². The minimum absolute atomic E-state index is 0.105. The van der Waals surface area contributed by atoms with Crippen LogP contribution in [0.3, 0.4) is 0 Å². The lowest BCUT2D eigenvalue weighted by Gasteiger charge is -2.34. The van der Waals surface area contributed by atoms with E-state index in [1.54, 1.807) is 24.3 Å².